The van der Waals surface area contributed by atoms with Crippen LogP contribution in [0.1, 0.15) is 61.9 Å². The van der Waals surface area contributed by atoms with E-state index >= 15 is 0 Å². The van der Waals surface area contributed by atoms with Crippen LogP contribution in [0.2, 0.25) is 5.02 Å². The van der Waals surface area contributed by atoms with Gasteiger partial charge in [-0.05, 0) is 69.2 Å². The number of ether oxygens (including phenoxy) is 1. The van der Waals surface area contributed by atoms with Crippen molar-refractivity contribution in [1.82, 2.24) is 5.32 Å². The monoisotopic (exact) mass is 468 g/mol. The van der Waals surface area contributed by atoms with Crippen molar-refractivity contribution < 1.29 is 14.3 Å². The molecule has 33 heavy (non-hydrogen) atoms. The molecule has 4 rings (SSSR count). The third-order valence-electron chi connectivity index (χ3n) is 6.80. The van der Waals surface area contributed by atoms with Crippen LogP contribution in [0.5, 0.6) is 0 Å². The summed E-state index contributed by atoms with van der Waals surface area (Å²) in [6, 6.07) is 4.11. The number of anilines is 1. The minimum atomic E-state index is -0.184. The number of Topliss-reactive ketones (excluding diaryl/α,β-unsaturated/α-hetero) is 1. The van der Waals surface area contributed by atoms with E-state index in [4.69, 9.17) is 16.3 Å². The molecular weight excluding hydrogens is 436 g/mol. The average Bonchev–Trinajstić information content (AvgIpc) is 2.79. The van der Waals surface area contributed by atoms with Crippen LogP contribution in [0.15, 0.2) is 47.1 Å². The second-order valence-electron chi connectivity index (χ2n) is 9.07. The lowest BCUT2D eigenvalue weighted by Gasteiger charge is -2.37. The highest BCUT2D eigenvalue weighted by Crippen LogP contribution is 2.33. The molecule has 1 aliphatic carbocycles. The number of nitrogens with zero attached hydrogens (tertiary/aromatic N) is 1. The first kappa shape index (κ1) is 23.8. The second-order valence-corrected chi connectivity index (χ2v) is 9.51. The number of hydrogen-bond acceptors (Lipinski definition) is 4. The van der Waals surface area contributed by atoms with Gasteiger partial charge in [0, 0.05) is 60.6 Å². The van der Waals surface area contributed by atoms with Crippen LogP contribution < -0.4 is 10.2 Å². The van der Waals surface area contributed by atoms with Gasteiger partial charge in [-0.25, -0.2) is 0 Å². The molecule has 1 aromatic rings. The van der Waals surface area contributed by atoms with Crippen molar-refractivity contribution in [1.29, 1.82) is 0 Å². The number of carbonyl (C=O) groups excluding carboxylic acids is 2. The van der Waals surface area contributed by atoms with Crippen molar-refractivity contribution in [2.45, 2.75) is 58.4 Å². The van der Waals surface area contributed by atoms with Crippen LogP contribution >= 0.6 is 11.6 Å². The molecule has 0 atom stereocenters. The van der Waals surface area contributed by atoms with Gasteiger partial charge in [0.2, 0.25) is 0 Å². The molecule has 0 aromatic heterocycles. The maximum absolute atomic E-state index is 13.4. The van der Waals surface area contributed by atoms with Crippen LogP contribution in [0.4, 0.5) is 5.69 Å². The summed E-state index contributed by atoms with van der Waals surface area (Å²) in [4.78, 5) is 28.5. The van der Waals surface area contributed by atoms with E-state index in [-0.39, 0.29) is 18.2 Å². The first-order valence-electron chi connectivity index (χ1n) is 12.0. The normalized spacial score (nSPS) is 21.2. The lowest BCUT2D eigenvalue weighted by atomic mass is 9.89. The van der Waals surface area contributed by atoms with E-state index in [0.29, 0.717) is 29.5 Å². The van der Waals surface area contributed by atoms with Crippen molar-refractivity contribution in [3.05, 3.63) is 63.2 Å². The lowest BCUT2D eigenvalue weighted by molar-refractivity contribution is -0.115. The zero-order valence-electron chi connectivity index (χ0n) is 19.6. The Morgan fingerprint density at radius 2 is 1.97 bits per heavy atom. The number of amides is 1. The van der Waals surface area contributed by atoms with Crippen LogP contribution in [0.25, 0.3) is 0 Å². The van der Waals surface area contributed by atoms with E-state index in [1.807, 2.05) is 13.0 Å². The van der Waals surface area contributed by atoms with Gasteiger partial charge < -0.3 is 15.0 Å². The first-order chi connectivity index (χ1) is 16.0. The maximum Gasteiger partial charge on any atom is 0.251 e. The predicted octanol–water partition coefficient (Wildman–Crippen LogP) is 5.18. The lowest BCUT2D eigenvalue weighted by Crippen LogP contribution is -2.40. The summed E-state index contributed by atoms with van der Waals surface area (Å²) in [5.74, 6) is -0.0771. The van der Waals surface area contributed by atoms with E-state index in [2.05, 4.69) is 35.4 Å². The molecule has 2 aliphatic heterocycles. The molecular formula is C27H33ClN2O3. The average molecular weight is 469 g/mol. The van der Waals surface area contributed by atoms with Crippen molar-refractivity contribution >= 4 is 29.0 Å². The number of benzene rings is 1. The van der Waals surface area contributed by atoms with Gasteiger partial charge in [0.15, 0.2) is 5.78 Å². The minimum Gasteiger partial charge on any atom is -0.381 e. The summed E-state index contributed by atoms with van der Waals surface area (Å²) >= 11 is 6.54. The van der Waals surface area contributed by atoms with Gasteiger partial charge in [-0.2, -0.15) is 0 Å². The number of hydrogen-bond donors (Lipinski definition) is 1. The van der Waals surface area contributed by atoms with E-state index in [0.717, 1.165) is 73.4 Å². The quantitative estimate of drug-likeness (QED) is 0.620. The van der Waals surface area contributed by atoms with E-state index < -0.39 is 0 Å². The Kier molecular flexibility index (Phi) is 7.71. The summed E-state index contributed by atoms with van der Waals surface area (Å²) in [5.41, 5.74) is 5.45. The van der Waals surface area contributed by atoms with Gasteiger partial charge >= 0.3 is 0 Å². The molecule has 6 heteroatoms. The molecule has 0 bridgehead atoms. The molecule has 2 heterocycles. The molecule has 5 nitrogen and oxygen atoms in total. The predicted molar refractivity (Wildman–Crippen MR) is 133 cm³/mol. The third-order valence-corrected chi connectivity index (χ3v) is 7.01. The molecule has 1 N–H and O–H groups in total. The summed E-state index contributed by atoms with van der Waals surface area (Å²) in [6.45, 7) is 6.72. The number of allylic oxidation sites excluding steroid dienone is 5. The van der Waals surface area contributed by atoms with Crippen LogP contribution in [0, 0.1) is 0 Å². The summed E-state index contributed by atoms with van der Waals surface area (Å²) in [6.07, 6.45) is 11.1. The molecule has 0 saturated carbocycles. The van der Waals surface area contributed by atoms with E-state index in [1.54, 1.807) is 6.07 Å². The standard InChI is InChI=1S/C27H33ClN2O3/c1-3-30(21-9-11-33-12-10-21)25-16-20(28)15-23-22(25)8-6-4-5-7-19-13-18(2)14-26(31)24(19)17-29-27(23)32/h4,6,13,15-16,21H,3,5,7-12,14,17H2,1-2H3,(H,29,32)/b6-4+. The van der Waals surface area contributed by atoms with Gasteiger partial charge in [-0.1, -0.05) is 35.4 Å². The highest BCUT2D eigenvalue weighted by atomic mass is 35.5. The Labute approximate surface area is 201 Å². The molecule has 0 spiro atoms. The van der Waals surface area contributed by atoms with Gasteiger partial charge in [-0.3, -0.25) is 9.59 Å². The topological polar surface area (TPSA) is 58.6 Å². The van der Waals surface area contributed by atoms with Crippen LogP contribution in [0.3, 0.4) is 0 Å². The van der Waals surface area contributed by atoms with Crippen molar-refractivity contribution in [2.75, 3.05) is 31.2 Å². The van der Waals surface area contributed by atoms with Crippen LogP contribution in [-0.2, 0) is 16.0 Å². The van der Waals surface area contributed by atoms with Crippen molar-refractivity contribution in [2.24, 2.45) is 0 Å². The Hall–Kier alpha value is -2.37. The van der Waals surface area contributed by atoms with E-state index in [9.17, 15) is 9.59 Å². The Morgan fingerprint density at radius 3 is 2.73 bits per heavy atom. The fourth-order valence-electron chi connectivity index (χ4n) is 5.15. The Bertz CT molecular complexity index is 1020. The zero-order valence-corrected chi connectivity index (χ0v) is 20.3. The summed E-state index contributed by atoms with van der Waals surface area (Å²) < 4.78 is 5.57. The SMILES string of the molecule is CCN(c1cc(Cl)cc2c1C/C=C/CCC1=C(CNC2=O)C(=O)CC(C)=C1)C1CCOCC1. The molecule has 0 unspecified atom stereocenters. The summed E-state index contributed by atoms with van der Waals surface area (Å²) in [7, 11) is 0. The molecule has 1 aromatic carbocycles. The second kappa shape index (κ2) is 10.7. The van der Waals surface area contributed by atoms with Crippen molar-refractivity contribution in [3.63, 3.8) is 0 Å². The molecule has 176 valence electrons. The highest BCUT2D eigenvalue weighted by molar-refractivity contribution is 6.31. The first-order valence-corrected chi connectivity index (χ1v) is 12.4. The van der Waals surface area contributed by atoms with Gasteiger partial charge in [0.05, 0.1) is 0 Å². The third kappa shape index (κ3) is 5.42. The number of rotatable bonds is 3. The molecule has 1 fully saturated rings. The number of carbonyl (C=O) groups is 2. The fraction of sp³-hybridized carbons (Fsp3) is 0.481. The molecule has 1 amide bonds. The molecule has 3 aliphatic rings. The fourth-order valence-corrected chi connectivity index (χ4v) is 5.36. The number of fused-ring (bicyclic) bond motifs is 1. The minimum absolute atomic E-state index is 0.107. The molecule has 1 saturated heterocycles. The Morgan fingerprint density at radius 1 is 1.18 bits per heavy atom. The van der Waals surface area contributed by atoms with Gasteiger partial charge in [0.25, 0.3) is 5.91 Å². The largest absolute Gasteiger partial charge is 0.381 e. The van der Waals surface area contributed by atoms with E-state index in [1.165, 1.54) is 0 Å². The van der Waals surface area contributed by atoms with Gasteiger partial charge in [0.1, 0.15) is 0 Å². The van der Waals surface area contributed by atoms with Gasteiger partial charge in [-0.15, -0.1) is 0 Å². The van der Waals surface area contributed by atoms with Crippen molar-refractivity contribution in [3.8, 4) is 0 Å². The number of nitrogens with one attached hydrogen (secondary N) is 1. The van der Waals surface area contributed by atoms with Crippen LogP contribution in [-0.4, -0.2) is 44.0 Å². The summed E-state index contributed by atoms with van der Waals surface area (Å²) in [5, 5.41) is 3.57. The zero-order chi connectivity index (χ0) is 23.4. The number of ketones is 1. The Balaban J connectivity index is 1.72. The molecule has 0 radical (unpaired) electrons. The smallest absolute Gasteiger partial charge is 0.251 e. The number of halogens is 1. The maximum atomic E-state index is 13.4. The highest BCUT2D eigenvalue weighted by Gasteiger charge is 2.26.